The molecular weight excluding hydrogens is 296 g/mol. The second-order valence-electron chi connectivity index (χ2n) is 4.13. The molecule has 0 aliphatic rings. The maximum absolute atomic E-state index is 11.8. The fourth-order valence-corrected chi connectivity index (χ4v) is 3.24. The topological polar surface area (TPSA) is 78.4 Å². The molecule has 0 aromatic carbocycles. The van der Waals surface area contributed by atoms with E-state index in [0.717, 1.165) is 4.88 Å². The minimum atomic E-state index is -1.07. The van der Waals surface area contributed by atoms with Gasteiger partial charge in [0.1, 0.15) is 0 Å². The lowest BCUT2D eigenvalue weighted by atomic mass is 10.2. The largest absolute Gasteiger partial charge is 0.479 e. The molecule has 0 saturated carbocycles. The molecule has 20 heavy (non-hydrogen) atoms. The third-order valence-corrected chi connectivity index (χ3v) is 4.51. The Bertz CT molecular complexity index is 593. The summed E-state index contributed by atoms with van der Waals surface area (Å²) in [4.78, 5) is 25.7. The van der Waals surface area contributed by atoms with Crippen LogP contribution in [0.3, 0.4) is 0 Å². The number of rotatable bonds is 5. The molecule has 0 spiro atoms. The lowest BCUT2D eigenvalue weighted by Crippen LogP contribution is -2.40. The van der Waals surface area contributed by atoms with Gasteiger partial charge in [-0.2, -0.15) is 0 Å². The molecule has 0 bridgehead atoms. The van der Waals surface area contributed by atoms with Gasteiger partial charge in [-0.15, -0.1) is 22.7 Å². The van der Waals surface area contributed by atoms with Gasteiger partial charge in [-0.05, 0) is 30.5 Å². The highest BCUT2D eigenvalue weighted by molar-refractivity contribution is 7.11. The van der Waals surface area contributed by atoms with Gasteiger partial charge in [0.2, 0.25) is 0 Å². The zero-order valence-electron chi connectivity index (χ0n) is 10.8. The van der Waals surface area contributed by atoms with Crippen molar-refractivity contribution in [3.8, 4) is 0 Å². The van der Waals surface area contributed by atoms with Crippen LogP contribution in [0, 0.1) is 6.92 Å². The average molecular weight is 310 g/mol. The first kappa shape index (κ1) is 14.5. The van der Waals surface area contributed by atoms with E-state index in [-0.39, 0.29) is 0 Å². The summed E-state index contributed by atoms with van der Waals surface area (Å²) < 4.78 is 0. The van der Waals surface area contributed by atoms with Gasteiger partial charge in [0.15, 0.2) is 6.04 Å². The lowest BCUT2D eigenvalue weighted by molar-refractivity contribution is -0.139. The Kier molecular flexibility index (Phi) is 4.75. The van der Waals surface area contributed by atoms with E-state index in [0.29, 0.717) is 11.4 Å². The van der Waals surface area contributed by atoms with Crippen LogP contribution in [0.1, 0.15) is 20.7 Å². The van der Waals surface area contributed by atoms with Crippen molar-refractivity contribution in [1.82, 2.24) is 10.6 Å². The average Bonchev–Trinajstić information content (AvgIpc) is 3.04. The molecule has 0 radical (unpaired) electrons. The van der Waals surface area contributed by atoms with Gasteiger partial charge in [-0.25, -0.2) is 9.59 Å². The number of carbonyl (C=O) groups is 2. The van der Waals surface area contributed by atoms with Crippen molar-refractivity contribution in [2.45, 2.75) is 19.5 Å². The number of carboxylic acid groups (broad SMARTS) is 1. The molecule has 7 heteroatoms. The highest BCUT2D eigenvalue weighted by atomic mass is 32.1. The number of hydrogen-bond acceptors (Lipinski definition) is 4. The van der Waals surface area contributed by atoms with Gasteiger partial charge in [-0.1, -0.05) is 6.07 Å². The second kappa shape index (κ2) is 6.53. The Morgan fingerprint density at radius 3 is 2.70 bits per heavy atom. The molecule has 106 valence electrons. The molecule has 0 aliphatic heterocycles. The Hall–Kier alpha value is -1.86. The summed E-state index contributed by atoms with van der Waals surface area (Å²) in [5, 5.41) is 16.0. The molecule has 0 saturated heterocycles. The molecule has 0 aliphatic carbocycles. The van der Waals surface area contributed by atoms with Crippen molar-refractivity contribution < 1.29 is 14.7 Å². The lowest BCUT2D eigenvalue weighted by Gasteiger charge is -2.13. The summed E-state index contributed by atoms with van der Waals surface area (Å²) in [6.07, 6.45) is 0. The third-order valence-electron chi connectivity index (χ3n) is 2.57. The first-order valence-corrected chi connectivity index (χ1v) is 7.62. The number of thiophene rings is 2. The Balaban J connectivity index is 1.90. The summed E-state index contributed by atoms with van der Waals surface area (Å²) in [5.74, 6) is -1.07. The van der Waals surface area contributed by atoms with Crippen molar-refractivity contribution >= 4 is 34.7 Å². The van der Waals surface area contributed by atoms with E-state index in [2.05, 4.69) is 10.6 Å². The Morgan fingerprint density at radius 2 is 2.15 bits per heavy atom. The Labute approximate surface area is 124 Å². The highest BCUT2D eigenvalue weighted by Crippen LogP contribution is 2.19. The van der Waals surface area contributed by atoms with Gasteiger partial charge in [0.05, 0.1) is 6.54 Å². The monoisotopic (exact) mass is 310 g/mol. The smallest absolute Gasteiger partial charge is 0.331 e. The van der Waals surface area contributed by atoms with E-state index in [1.54, 1.807) is 28.8 Å². The van der Waals surface area contributed by atoms with Crippen molar-refractivity contribution in [3.05, 3.63) is 44.3 Å². The maximum Gasteiger partial charge on any atom is 0.331 e. The van der Waals surface area contributed by atoms with Gasteiger partial charge in [0, 0.05) is 14.6 Å². The van der Waals surface area contributed by atoms with E-state index in [9.17, 15) is 9.59 Å². The molecular formula is C13H14N2O3S2. The standard InChI is InChI=1S/C13H14N2O3S2/c1-8-4-5-9(20-8)7-14-13(18)15-11(12(16)17)10-3-2-6-19-10/h2-6,11H,7H2,1H3,(H,16,17)(H2,14,15,18). The van der Waals surface area contributed by atoms with Crippen LogP contribution in [-0.4, -0.2) is 17.1 Å². The molecule has 1 unspecified atom stereocenters. The van der Waals surface area contributed by atoms with E-state index in [1.165, 1.54) is 16.2 Å². The van der Waals surface area contributed by atoms with E-state index in [1.807, 2.05) is 19.1 Å². The predicted molar refractivity (Wildman–Crippen MR) is 79.1 cm³/mol. The van der Waals surface area contributed by atoms with Crippen LogP contribution in [0.2, 0.25) is 0 Å². The maximum atomic E-state index is 11.8. The molecule has 2 aromatic heterocycles. The van der Waals surface area contributed by atoms with Crippen molar-refractivity contribution in [2.24, 2.45) is 0 Å². The first-order valence-electron chi connectivity index (χ1n) is 5.92. The molecule has 2 rings (SSSR count). The summed E-state index contributed by atoms with van der Waals surface area (Å²) in [6, 6.07) is 5.85. The van der Waals surface area contributed by atoms with Crippen LogP contribution < -0.4 is 10.6 Å². The van der Waals surface area contributed by atoms with E-state index in [4.69, 9.17) is 5.11 Å². The molecule has 1 atom stereocenters. The predicted octanol–water partition coefficient (Wildman–Crippen LogP) is 2.74. The number of amides is 2. The highest BCUT2D eigenvalue weighted by Gasteiger charge is 2.22. The van der Waals surface area contributed by atoms with Crippen molar-refractivity contribution in [3.63, 3.8) is 0 Å². The summed E-state index contributed by atoms with van der Waals surface area (Å²) in [5.41, 5.74) is 0. The zero-order chi connectivity index (χ0) is 14.5. The second-order valence-corrected chi connectivity index (χ2v) is 6.48. The first-order chi connectivity index (χ1) is 9.56. The van der Waals surface area contributed by atoms with Crippen LogP contribution >= 0.6 is 22.7 Å². The summed E-state index contributed by atoms with van der Waals surface area (Å²) in [6.45, 7) is 2.38. The van der Waals surface area contributed by atoms with Gasteiger partial charge in [-0.3, -0.25) is 0 Å². The van der Waals surface area contributed by atoms with E-state index >= 15 is 0 Å². The van der Waals surface area contributed by atoms with Crippen LogP contribution in [0.4, 0.5) is 4.79 Å². The number of aliphatic carboxylic acids is 1. The normalized spacial score (nSPS) is 11.8. The summed E-state index contributed by atoms with van der Waals surface area (Å²) >= 11 is 2.89. The van der Waals surface area contributed by atoms with Crippen molar-refractivity contribution in [2.75, 3.05) is 0 Å². The van der Waals surface area contributed by atoms with Crippen molar-refractivity contribution in [1.29, 1.82) is 0 Å². The van der Waals surface area contributed by atoms with Gasteiger partial charge in [0.25, 0.3) is 0 Å². The van der Waals surface area contributed by atoms with Crippen LogP contribution in [0.15, 0.2) is 29.6 Å². The Morgan fingerprint density at radius 1 is 1.35 bits per heavy atom. The number of urea groups is 1. The fraction of sp³-hybridized carbons (Fsp3) is 0.231. The van der Waals surface area contributed by atoms with Crippen LogP contribution in [0.25, 0.3) is 0 Å². The number of hydrogen-bond donors (Lipinski definition) is 3. The van der Waals surface area contributed by atoms with Crippen LogP contribution in [-0.2, 0) is 11.3 Å². The van der Waals surface area contributed by atoms with Gasteiger partial charge < -0.3 is 15.7 Å². The molecule has 2 aromatic rings. The summed E-state index contributed by atoms with van der Waals surface area (Å²) in [7, 11) is 0. The molecule has 5 nitrogen and oxygen atoms in total. The molecule has 0 fully saturated rings. The number of aryl methyl sites for hydroxylation is 1. The zero-order valence-corrected chi connectivity index (χ0v) is 12.4. The molecule has 2 amide bonds. The third kappa shape index (κ3) is 3.82. The number of nitrogens with one attached hydrogen (secondary N) is 2. The van der Waals surface area contributed by atoms with Gasteiger partial charge >= 0.3 is 12.0 Å². The minimum absolute atomic E-state index is 0.390. The number of carboxylic acids is 1. The fourth-order valence-electron chi connectivity index (χ4n) is 1.64. The number of carbonyl (C=O) groups excluding carboxylic acids is 1. The minimum Gasteiger partial charge on any atom is -0.479 e. The molecule has 3 N–H and O–H groups in total. The quantitative estimate of drug-likeness (QED) is 0.794. The van der Waals surface area contributed by atoms with Crippen LogP contribution in [0.5, 0.6) is 0 Å². The van der Waals surface area contributed by atoms with E-state index < -0.39 is 18.0 Å². The SMILES string of the molecule is Cc1ccc(CNC(=O)NC(C(=O)O)c2cccs2)s1. The molecule has 2 heterocycles.